The molecular formula is C12H15BrO5. The summed E-state index contributed by atoms with van der Waals surface area (Å²) >= 11 is 3.31. The molecule has 0 aromatic heterocycles. The fraction of sp³-hybridized carbons (Fsp3) is 0.500. The predicted molar refractivity (Wildman–Crippen MR) is 66.9 cm³/mol. The van der Waals surface area contributed by atoms with Crippen LogP contribution in [0.25, 0.3) is 0 Å². The van der Waals surface area contributed by atoms with Crippen LogP contribution in [0.2, 0.25) is 0 Å². The lowest BCUT2D eigenvalue weighted by molar-refractivity contribution is -0.231. The second kappa shape index (κ2) is 5.64. The highest BCUT2D eigenvalue weighted by Gasteiger charge is 2.43. The van der Waals surface area contributed by atoms with E-state index in [0.29, 0.717) is 5.56 Å². The van der Waals surface area contributed by atoms with Crippen molar-refractivity contribution in [2.24, 2.45) is 0 Å². The van der Waals surface area contributed by atoms with Gasteiger partial charge in [0, 0.05) is 4.47 Å². The number of aliphatic hydroxyl groups excluding tert-OH is 4. The van der Waals surface area contributed by atoms with Gasteiger partial charge in [0.1, 0.15) is 30.5 Å². The van der Waals surface area contributed by atoms with Gasteiger partial charge in [0.15, 0.2) is 0 Å². The third-order valence-electron chi connectivity index (χ3n) is 3.07. The molecule has 1 fully saturated rings. The largest absolute Gasteiger partial charge is 0.394 e. The standard InChI is InChI=1S/C12H15BrO5/c13-7-3-1-2-6(4-7)12-11(17)10(16)9(15)8(5-14)18-12/h1-4,8-12,14-17H,5H2/t8-,9-,10+,11-,12+/m1/s1. The number of hydrogen-bond donors (Lipinski definition) is 4. The fourth-order valence-electron chi connectivity index (χ4n) is 2.06. The monoisotopic (exact) mass is 318 g/mol. The minimum Gasteiger partial charge on any atom is -0.394 e. The van der Waals surface area contributed by atoms with Gasteiger partial charge in [0.05, 0.1) is 6.61 Å². The van der Waals surface area contributed by atoms with E-state index < -0.39 is 37.1 Å². The highest BCUT2D eigenvalue weighted by Crippen LogP contribution is 2.33. The Bertz CT molecular complexity index is 411. The molecule has 1 aromatic carbocycles. The van der Waals surface area contributed by atoms with Crippen molar-refractivity contribution in [1.82, 2.24) is 0 Å². The Balaban J connectivity index is 2.27. The minimum absolute atomic E-state index is 0.421. The summed E-state index contributed by atoms with van der Waals surface area (Å²) in [6.45, 7) is -0.421. The maximum absolute atomic E-state index is 9.93. The number of aliphatic hydroxyl groups is 4. The Labute approximate surface area is 113 Å². The molecule has 5 nitrogen and oxygen atoms in total. The summed E-state index contributed by atoms with van der Waals surface area (Å²) < 4.78 is 6.26. The average Bonchev–Trinajstić information content (AvgIpc) is 2.36. The van der Waals surface area contributed by atoms with Crippen molar-refractivity contribution in [3.63, 3.8) is 0 Å². The van der Waals surface area contributed by atoms with E-state index in [0.717, 1.165) is 4.47 Å². The van der Waals surface area contributed by atoms with Gasteiger partial charge >= 0.3 is 0 Å². The summed E-state index contributed by atoms with van der Waals surface area (Å²) in [5.74, 6) is 0. The van der Waals surface area contributed by atoms with Crippen LogP contribution in [0, 0.1) is 0 Å². The normalized spacial score (nSPS) is 36.6. The second-order valence-corrected chi connectivity index (χ2v) is 5.22. The predicted octanol–water partition coefficient (Wildman–Crippen LogP) is -0.0360. The van der Waals surface area contributed by atoms with Gasteiger partial charge in [-0.2, -0.15) is 0 Å². The zero-order valence-corrected chi connectivity index (χ0v) is 11.1. The first-order valence-corrected chi connectivity index (χ1v) is 6.40. The van der Waals surface area contributed by atoms with Crippen LogP contribution < -0.4 is 0 Å². The molecule has 0 saturated carbocycles. The Kier molecular flexibility index (Phi) is 4.37. The Morgan fingerprint density at radius 2 is 1.83 bits per heavy atom. The molecule has 1 saturated heterocycles. The van der Waals surface area contributed by atoms with Crippen molar-refractivity contribution in [1.29, 1.82) is 0 Å². The van der Waals surface area contributed by atoms with Crippen LogP contribution in [-0.2, 0) is 4.74 Å². The van der Waals surface area contributed by atoms with Gasteiger partial charge in [-0.1, -0.05) is 28.1 Å². The van der Waals surface area contributed by atoms with Gasteiger partial charge in [-0.15, -0.1) is 0 Å². The topological polar surface area (TPSA) is 90.2 Å². The quantitative estimate of drug-likeness (QED) is 0.614. The van der Waals surface area contributed by atoms with Crippen molar-refractivity contribution in [3.8, 4) is 0 Å². The van der Waals surface area contributed by atoms with Gasteiger partial charge in [-0.25, -0.2) is 0 Å². The van der Waals surface area contributed by atoms with Crippen LogP contribution in [0.4, 0.5) is 0 Å². The number of ether oxygens (including phenoxy) is 1. The molecule has 0 unspecified atom stereocenters. The lowest BCUT2D eigenvalue weighted by Gasteiger charge is -2.40. The van der Waals surface area contributed by atoms with Crippen LogP contribution in [-0.4, -0.2) is 51.4 Å². The van der Waals surface area contributed by atoms with Crippen molar-refractivity contribution >= 4 is 15.9 Å². The number of hydrogen-bond acceptors (Lipinski definition) is 5. The molecule has 1 aromatic rings. The molecule has 2 rings (SSSR count). The van der Waals surface area contributed by atoms with Crippen molar-refractivity contribution < 1.29 is 25.2 Å². The smallest absolute Gasteiger partial charge is 0.113 e. The molecule has 4 N–H and O–H groups in total. The van der Waals surface area contributed by atoms with Crippen LogP contribution in [0.5, 0.6) is 0 Å². The molecule has 18 heavy (non-hydrogen) atoms. The molecule has 1 aliphatic rings. The molecular weight excluding hydrogens is 304 g/mol. The fourth-order valence-corrected chi connectivity index (χ4v) is 2.48. The maximum atomic E-state index is 9.93. The first-order valence-electron chi connectivity index (χ1n) is 5.60. The van der Waals surface area contributed by atoms with Crippen molar-refractivity contribution in [3.05, 3.63) is 34.3 Å². The second-order valence-electron chi connectivity index (χ2n) is 4.30. The highest BCUT2D eigenvalue weighted by molar-refractivity contribution is 9.10. The Hall–Kier alpha value is -0.500. The van der Waals surface area contributed by atoms with Gasteiger partial charge in [0.2, 0.25) is 0 Å². The molecule has 0 bridgehead atoms. The molecule has 100 valence electrons. The molecule has 0 spiro atoms. The van der Waals surface area contributed by atoms with E-state index in [1.54, 1.807) is 18.2 Å². The van der Waals surface area contributed by atoms with Gasteiger partial charge < -0.3 is 25.2 Å². The molecule has 1 aliphatic heterocycles. The van der Waals surface area contributed by atoms with E-state index >= 15 is 0 Å². The van der Waals surface area contributed by atoms with Crippen molar-refractivity contribution in [2.75, 3.05) is 6.61 Å². The van der Waals surface area contributed by atoms with Gasteiger partial charge in [-0.3, -0.25) is 0 Å². The summed E-state index contributed by atoms with van der Waals surface area (Å²) in [7, 11) is 0. The van der Waals surface area contributed by atoms with Crippen molar-refractivity contribution in [2.45, 2.75) is 30.5 Å². The van der Waals surface area contributed by atoms with E-state index in [2.05, 4.69) is 15.9 Å². The molecule has 0 aliphatic carbocycles. The first-order chi connectivity index (χ1) is 8.54. The van der Waals surface area contributed by atoms with Gasteiger partial charge in [-0.05, 0) is 17.7 Å². The summed E-state index contributed by atoms with van der Waals surface area (Å²) in [5, 5.41) is 38.4. The first kappa shape index (κ1) is 13.9. The molecule has 6 heteroatoms. The third-order valence-corrected chi connectivity index (χ3v) is 3.56. The lowest BCUT2D eigenvalue weighted by Crippen LogP contribution is -2.55. The zero-order valence-electron chi connectivity index (χ0n) is 9.48. The number of benzene rings is 1. The zero-order chi connectivity index (χ0) is 13.3. The number of rotatable bonds is 2. The molecule has 1 heterocycles. The van der Waals surface area contributed by atoms with Crippen LogP contribution in [0.1, 0.15) is 11.7 Å². The molecule has 0 radical (unpaired) electrons. The summed E-state index contributed by atoms with van der Waals surface area (Å²) in [4.78, 5) is 0. The molecule has 0 amide bonds. The summed E-state index contributed by atoms with van der Waals surface area (Å²) in [5.41, 5.74) is 0.668. The van der Waals surface area contributed by atoms with E-state index in [9.17, 15) is 15.3 Å². The van der Waals surface area contributed by atoms with E-state index in [4.69, 9.17) is 9.84 Å². The van der Waals surface area contributed by atoms with E-state index in [1.807, 2.05) is 6.07 Å². The van der Waals surface area contributed by atoms with E-state index in [1.165, 1.54) is 0 Å². The third kappa shape index (κ3) is 2.59. The maximum Gasteiger partial charge on any atom is 0.113 e. The Morgan fingerprint density at radius 3 is 2.44 bits per heavy atom. The summed E-state index contributed by atoms with van der Waals surface area (Å²) in [6.07, 6.45) is -5.57. The van der Waals surface area contributed by atoms with Crippen LogP contribution in [0.15, 0.2) is 28.7 Å². The lowest BCUT2D eigenvalue weighted by atomic mass is 9.91. The highest BCUT2D eigenvalue weighted by atomic mass is 79.9. The SMILES string of the molecule is OC[C@H]1O[C@@H](c2cccc(Br)c2)[C@H](O)[C@@H](O)[C@@H]1O. The minimum atomic E-state index is -1.35. The van der Waals surface area contributed by atoms with Gasteiger partial charge in [0.25, 0.3) is 0 Å². The number of halogens is 1. The Morgan fingerprint density at radius 1 is 1.11 bits per heavy atom. The van der Waals surface area contributed by atoms with Crippen LogP contribution in [0.3, 0.4) is 0 Å². The summed E-state index contributed by atoms with van der Waals surface area (Å²) in [6, 6.07) is 7.11. The van der Waals surface area contributed by atoms with E-state index in [-0.39, 0.29) is 0 Å². The molecule has 5 atom stereocenters. The van der Waals surface area contributed by atoms with Crippen LogP contribution >= 0.6 is 15.9 Å². The average molecular weight is 319 g/mol.